The maximum atomic E-state index is 13.0. The van der Waals surface area contributed by atoms with Crippen LogP contribution in [0.1, 0.15) is 19.4 Å². The lowest BCUT2D eigenvalue weighted by molar-refractivity contribution is -0.113. The molecule has 1 aliphatic heterocycles. The van der Waals surface area contributed by atoms with Crippen LogP contribution in [0, 0.1) is 0 Å². The summed E-state index contributed by atoms with van der Waals surface area (Å²) in [4.78, 5) is 15.0. The van der Waals surface area contributed by atoms with Gasteiger partial charge in [-0.05, 0) is 56.3 Å². The molecule has 146 valence electrons. The first-order valence-electron chi connectivity index (χ1n) is 8.89. The minimum atomic E-state index is -0.156. The van der Waals surface area contributed by atoms with Gasteiger partial charge < -0.3 is 14.2 Å². The number of carbonyl (C=O) groups excluding carboxylic acids is 1. The molecule has 0 saturated carbocycles. The normalized spacial score (nSPS) is 15.2. The molecule has 2 aromatic carbocycles. The molecule has 1 amide bonds. The van der Waals surface area contributed by atoms with Gasteiger partial charge in [-0.3, -0.25) is 9.69 Å². The summed E-state index contributed by atoms with van der Waals surface area (Å²) in [5.41, 5.74) is 1.52. The van der Waals surface area contributed by atoms with Crippen molar-refractivity contribution in [3.63, 3.8) is 0 Å². The first-order valence-corrected chi connectivity index (χ1v) is 10.1. The standard InChI is InChI=1S/C21H21NO4S2/c1-4-25-17-9-6-14(18(13-17)26-5-2)12-19-20(23)22(21(27)28-19)15-7-10-16(24-3)11-8-15/h6-13H,4-5H2,1-3H3/b19-12+. The fraction of sp³-hybridized carbons (Fsp3) is 0.238. The summed E-state index contributed by atoms with van der Waals surface area (Å²) in [6.07, 6.45) is 1.81. The lowest BCUT2D eigenvalue weighted by Gasteiger charge is -2.14. The van der Waals surface area contributed by atoms with Crippen molar-refractivity contribution in [1.29, 1.82) is 0 Å². The van der Waals surface area contributed by atoms with Crippen molar-refractivity contribution in [2.45, 2.75) is 13.8 Å². The SMILES string of the molecule is CCOc1ccc(/C=C2/SC(=S)N(c3ccc(OC)cc3)C2=O)c(OCC)c1. The first kappa shape index (κ1) is 20.2. The van der Waals surface area contributed by atoms with Gasteiger partial charge in [-0.25, -0.2) is 0 Å². The molecule has 0 N–H and O–H groups in total. The van der Waals surface area contributed by atoms with Crippen LogP contribution in [0.15, 0.2) is 47.4 Å². The topological polar surface area (TPSA) is 48.0 Å². The predicted octanol–water partition coefficient (Wildman–Crippen LogP) is 4.90. The average molecular weight is 416 g/mol. The van der Waals surface area contributed by atoms with E-state index in [-0.39, 0.29) is 5.91 Å². The minimum absolute atomic E-state index is 0.156. The van der Waals surface area contributed by atoms with E-state index in [0.29, 0.717) is 33.9 Å². The molecule has 0 unspecified atom stereocenters. The molecule has 2 aromatic rings. The smallest absolute Gasteiger partial charge is 0.270 e. The Morgan fingerprint density at radius 3 is 2.36 bits per heavy atom. The van der Waals surface area contributed by atoms with E-state index in [1.165, 1.54) is 16.7 Å². The highest BCUT2D eigenvalue weighted by molar-refractivity contribution is 8.27. The number of thiocarbonyl (C=S) groups is 1. The minimum Gasteiger partial charge on any atom is -0.497 e. The number of carbonyl (C=O) groups is 1. The highest BCUT2D eigenvalue weighted by Gasteiger charge is 2.33. The van der Waals surface area contributed by atoms with Gasteiger partial charge in [-0.15, -0.1) is 0 Å². The number of thioether (sulfide) groups is 1. The molecule has 0 bridgehead atoms. The number of anilines is 1. The van der Waals surface area contributed by atoms with Crippen molar-refractivity contribution < 1.29 is 19.0 Å². The Morgan fingerprint density at radius 1 is 1.04 bits per heavy atom. The maximum absolute atomic E-state index is 13.0. The fourth-order valence-electron chi connectivity index (χ4n) is 2.73. The van der Waals surface area contributed by atoms with Crippen LogP contribution in [0.25, 0.3) is 6.08 Å². The summed E-state index contributed by atoms with van der Waals surface area (Å²) in [7, 11) is 1.60. The number of hydrogen-bond donors (Lipinski definition) is 0. The van der Waals surface area contributed by atoms with Gasteiger partial charge in [0.2, 0.25) is 0 Å². The summed E-state index contributed by atoms with van der Waals surface area (Å²) in [5, 5.41) is 0. The molecule has 0 aromatic heterocycles. The van der Waals surface area contributed by atoms with Crippen LogP contribution in [0.4, 0.5) is 5.69 Å². The third kappa shape index (κ3) is 4.31. The monoisotopic (exact) mass is 415 g/mol. The van der Waals surface area contributed by atoms with Crippen LogP contribution in [0.3, 0.4) is 0 Å². The maximum Gasteiger partial charge on any atom is 0.270 e. The Balaban J connectivity index is 1.90. The van der Waals surface area contributed by atoms with Gasteiger partial charge in [0.05, 0.1) is 30.9 Å². The average Bonchev–Trinajstić information content (AvgIpc) is 2.97. The molecule has 0 aliphatic carbocycles. The lowest BCUT2D eigenvalue weighted by atomic mass is 10.1. The third-order valence-electron chi connectivity index (χ3n) is 4.01. The molecule has 0 atom stereocenters. The summed E-state index contributed by atoms with van der Waals surface area (Å²) < 4.78 is 16.9. The highest BCUT2D eigenvalue weighted by atomic mass is 32.2. The molecule has 0 spiro atoms. The van der Waals surface area contributed by atoms with Crippen LogP contribution in [0.2, 0.25) is 0 Å². The van der Waals surface area contributed by atoms with Gasteiger partial charge in [-0.1, -0.05) is 24.0 Å². The fourth-order valence-corrected chi connectivity index (χ4v) is 4.02. The van der Waals surface area contributed by atoms with Gasteiger partial charge >= 0.3 is 0 Å². The summed E-state index contributed by atoms with van der Waals surface area (Å²) >= 11 is 6.71. The van der Waals surface area contributed by atoms with Crippen molar-refractivity contribution >= 4 is 46.0 Å². The quantitative estimate of drug-likeness (QED) is 0.474. The van der Waals surface area contributed by atoms with Crippen LogP contribution in [-0.2, 0) is 4.79 Å². The Hall–Kier alpha value is -2.51. The van der Waals surface area contributed by atoms with Crippen molar-refractivity contribution in [1.82, 2.24) is 0 Å². The van der Waals surface area contributed by atoms with Crippen molar-refractivity contribution in [3.05, 3.63) is 52.9 Å². The molecule has 1 fully saturated rings. The number of ether oxygens (including phenoxy) is 3. The summed E-state index contributed by atoms with van der Waals surface area (Å²) in [6, 6.07) is 12.8. The van der Waals surface area contributed by atoms with Gasteiger partial charge in [-0.2, -0.15) is 0 Å². The van der Waals surface area contributed by atoms with Crippen LogP contribution >= 0.6 is 24.0 Å². The molecule has 1 heterocycles. The number of hydrogen-bond acceptors (Lipinski definition) is 6. The van der Waals surface area contributed by atoms with Crippen LogP contribution in [-0.4, -0.2) is 30.6 Å². The largest absolute Gasteiger partial charge is 0.497 e. The molecule has 3 rings (SSSR count). The zero-order chi connectivity index (χ0) is 20.1. The Kier molecular flexibility index (Phi) is 6.59. The van der Waals surface area contributed by atoms with Crippen molar-refractivity contribution in [2.24, 2.45) is 0 Å². The van der Waals surface area contributed by atoms with E-state index in [4.69, 9.17) is 26.4 Å². The number of amides is 1. The van der Waals surface area contributed by atoms with Crippen molar-refractivity contribution in [2.75, 3.05) is 25.2 Å². The second-order valence-corrected chi connectivity index (χ2v) is 7.46. The second kappa shape index (κ2) is 9.12. The van der Waals surface area contributed by atoms with E-state index >= 15 is 0 Å². The number of rotatable bonds is 7. The molecule has 5 nitrogen and oxygen atoms in total. The zero-order valence-electron chi connectivity index (χ0n) is 15.9. The molecule has 0 radical (unpaired) electrons. The van der Waals surface area contributed by atoms with E-state index in [1.54, 1.807) is 19.2 Å². The highest BCUT2D eigenvalue weighted by Crippen LogP contribution is 2.38. The van der Waals surface area contributed by atoms with Gasteiger partial charge in [0, 0.05) is 11.6 Å². The molecular formula is C21H21NO4S2. The van der Waals surface area contributed by atoms with Crippen molar-refractivity contribution in [3.8, 4) is 17.2 Å². The molecule has 28 heavy (non-hydrogen) atoms. The Bertz CT molecular complexity index is 909. The molecular weight excluding hydrogens is 394 g/mol. The Morgan fingerprint density at radius 2 is 1.71 bits per heavy atom. The number of benzene rings is 2. The number of methoxy groups -OCH3 is 1. The van der Waals surface area contributed by atoms with E-state index < -0.39 is 0 Å². The second-order valence-electron chi connectivity index (χ2n) is 5.78. The summed E-state index contributed by atoms with van der Waals surface area (Å²) in [5.74, 6) is 1.97. The summed E-state index contributed by atoms with van der Waals surface area (Å²) in [6.45, 7) is 4.94. The van der Waals surface area contributed by atoms with Gasteiger partial charge in [0.1, 0.15) is 17.2 Å². The van der Waals surface area contributed by atoms with E-state index in [0.717, 1.165) is 17.1 Å². The van der Waals surface area contributed by atoms with Crippen LogP contribution in [0.5, 0.6) is 17.2 Å². The van der Waals surface area contributed by atoms with E-state index in [2.05, 4.69) is 0 Å². The molecule has 7 heteroatoms. The van der Waals surface area contributed by atoms with E-state index in [9.17, 15) is 4.79 Å². The first-order chi connectivity index (χ1) is 13.6. The van der Waals surface area contributed by atoms with Gasteiger partial charge in [0.15, 0.2) is 4.32 Å². The molecule has 1 aliphatic rings. The zero-order valence-corrected chi connectivity index (χ0v) is 17.6. The number of nitrogens with zero attached hydrogens (tertiary/aromatic N) is 1. The van der Waals surface area contributed by atoms with Crippen LogP contribution < -0.4 is 19.1 Å². The molecule has 1 saturated heterocycles. The Labute approximate surface area is 174 Å². The van der Waals surface area contributed by atoms with E-state index in [1.807, 2.05) is 50.3 Å². The van der Waals surface area contributed by atoms with Gasteiger partial charge in [0.25, 0.3) is 5.91 Å². The third-order valence-corrected chi connectivity index (χ3v) is 5.31. The predicted molar refractivity (Wildman–Crippen MR) is 117 cm³/mol. The lowest BCUT2D eigenvalue weighted by Crippen LogP contribution is -2.27.